The average molecular weight is 242 g/mol. The number of ether oxygens (including phenoxy) is 2. The Morgan fingerprint density at radius 1 is 1.44 bits per heavy atom. The van der Waals surface area contributed by atoms with Gasteiger partial charge in [0.15, 0.2) is 0 Å². The van der Waals surface area contributed by atoms with Crippen molar-refractivity contribution < 1.29 is 14.3 Å². The van der Waals surface area contributed by atoms with E-state index in [1.807, 2.05) is 39.1 Å². The van der Waals surface area contributed by atoms with Gasteiger partial charge in [-0.15, -0.1) is 11.3 Å². The molecule has 1 rings (SSSR count). The van der Waals surface area contributed by atoms with Crippen LogP contribution < -0.4 is 0 Å². The number of carbonyl (C=O) groups excluding carboxylic acids is 1. The molecule has 16 heavy (non-hydrogen) atoms. The summed E-state index contributed by atoms with van der Waals surface area (Å²) in [7, 11) is 0. The number of hydrogen-bond donors (Lipinski definition) is 0. The van der Waals surface area contributed by atoms with Gasteiger partial charge in [0.05, 0.1) is 6.61 Å². The molecule has 0 spiro atoms. The van der Waals surface area contributed by atoms with E-state index in [0.29, 0.717) is 18.1 Å². The monoisotopic (exact) mass is 242 g/mol. The molecule has 0 unspecified atom stereocenters. The number of rotatable bonds is 4. The van der Waals surface area contributed by atoms with Crippen LogP contribution in [0, 0.1) is 0 Å². The largest absolute Gasteiger partial charge is 0.456 e. The molecule has 0 fully saturated rings. The maximum absolute atomic E-state index is 11.8. The van der Waals surface area contributed by atoms with E-state index >= 15 is 0 Å². The highest BCUT2D eigenvalue weighted by molar-refractivity contribution is 7.12. The molecule has 0 amide bonds. The Balaban J connectivity index is 2.72. The first-order chi connectivity index (χ1) is 7.44. The first kappa shape index (κ1) is 13.2. The predicted molar refractivity (Wildman–Crippen MR) is 64.8 cm³/mol. The van der Waals surface area contributed by atoms with Crippen LogP contribution in [0.15, 0.2) is 11.4 Å². The van der Waals surface area contributed by atoms with Gasteiger partial charge < -0.3 is 9.47 Å². The molecule has 0 N–H and O–H groups in total. The molecule has 0 aliphatic heterocycles. The summed E-state index contributed by atoms with van der Waals surface area (Å²) < 4.78 is 10.6. The molecule has 0 bridgehead atoms. The lowest BCUT2D eigenvalue weighted by Gasteiger charge is -2.19. The van der Waals surface area contributed by atoms with Crippen LogP contribution >= 0.6 is 11.3 Å². The number of thiophene rings is 1. The first-order valence-corrected chi connectivity index (χ1v) is 6.19. The van der Waals surface area contributed by atoms with Crippen molar-refractivity contribution in [1.29, 1.82) is 0 Å². The van der Waals surface area contributed by atoms with Gasteiger partial charge in [-0.25, -0.2) is 4.79 Å². The van der Waals surface area contributed by atoms with Gasteiger partial charge in [-0.2, -0.15) is 0 Å². The van der Waals surface area contributed by atoms with Gasteiger partial charge in [0.2, 0.25) is 0 Å². The highest BCUT2D eigenvalue weighted by Crippen LogP contribution is 2.21. The average Bonchev–Trinajstić information content (AvgIpc) is 2.59. The summed E-state index contributed by atoms with van der Waals surface area (Å²) in [5.74, 6) is -0.266. The van der Waals surface area contributed by atoms with E-state index in [9.17, 15) is 4.79 Å². The van der Waals surface area contributed by atoms with Crippen molar-refractivity contribution in [3.63, 3.8) is 0 Å². The smallest absolute Gasteiger partial charge is 0.349 e. The second-order valence-corrected chi connectivity index (χ2v) is 5.33. The third-order valence-corrected chi connectivity index (χ3v) is 2.73. The van der Waals surface area contributed by atoms with Gasteiger partial charge in [0.25, 0.3) is 0 Å². The Kier molecular flexibility index (Phi) is 4.50. The zero-order valence-corrected chi connectivity index (χ0v) is 11.0. The molecule has 90 valence electrons. The van der Waals surface area contributed by atoms with Crippen LogP contribution in [0.1, 0.15) is 42.9 Å². The fraction of sp³-hybridized carbons (Fsp3) is 0.583. The van der Waals surface area contributed by atoms with Crippen molar-refractivity contribution >= 4 is 17.3 Å². The minimum Gasteiger partial charge on any atom is -0.456 e. The zero-order valence-electron chi connectivity index (χ0n) is 10.2. The predicted octanol–water partition coefficient (Wildman–Crippen LogP) is 3.24. The molecular weight excluding hydrogens is 224 g/mol. The molecule has 1 aromatic heterocycles. The number of carbonyl (C=O) groups is 1. The summed E-state index contributed by atoms with van der Waals surface area (Å²) in [6, 6.07) is 1.90. The van der Waals surface area contributed by atoms with Crippen LogP contribution in [0.5, 0.6) is 0 Å². The van der Waals surface area contributed by atoms with Crippen molar-refractivity contribution in [2.45, 2.75) is 39.9 Å². The van der Waals surface area contributed by atoms with E-state index in [-0.39, 0.29) is 5.97 Å². The molecule has 0 atom stereocenters. The topological polar surface area (TPSA) is 35.5 Å². The SMILES string of the molecule is CCOCc1ccsc1C(=O)OC(C)(C)C. The van der Waals surface area contributed by atoms with Gasteiger partial charge in [0.1, 0.15) is 10.5 Å². The Morgan fingerprint density at radius 2 is 2.12 bits per heavy atom. The summed E-state index contributed by atoms with van der Waals surface area (Å²) >= 11 is 1.39. The van der Waals surface area contributed by atoms with E-state index in [4.69, 9.17) is 9.47 Å². The van der Waals surface area contributed by atoms with Gasteiger partial charge in [-0.05, 0) is 39.1 Å². The minimum absolute atomic E-state index is 0.266. The van der Waals surface area contributed by atoms with Crippen molar-refractivity contribution in [3.05, 3.63) is 21.9 Å². The van der Waals surface area contributed by atoms with Crippen molar-refractivity contribution in [2.75, 3.05) is 6.61 Å². The molecule has 1 heterocycles. The van der Waals surface area contributed by atoms with Gasteiger partial charge in [-0.1, -0.05) is 0 Å². The lowest BCUT2D eigenvalue weighted by Crippen LogP contribution is -2.23. The van der Waals surface area contributed by atoms with Crippen molar-refractivity contribution in [2.24, 2.45) is 0 Å². The Labute approximate surface area is 100 Å². The van der Waals surface area contributed by atoms with Crippen molar-refractivity contribution in [1.82, 2.24) is 0 Å². The Morgan fingerprint density at radius 3 is 2.69 bits per heavy atom. The standard InChI is InChI=1S/C12H18O3S/c1-5-14-8-9-6-7-16-10(9)11(13)15-12(2,3)4/h6-7H,5,8H2,1-4H3. The molecule has 0 radical (unpaired) electrons. The van der Waals surface area contributed by atoms with Crippen LogP contribution in [-0.2, 0) is 16.1 Å². The summed E-state index contributed by atoms with van der Waals surface area (Å²) in [5, 5.41) is 1.88. The molecule has 4 heteroatoms. The Bertz CT molecular complexity index is 349. The third kappa shape index (κ3) is 3.94. The third-order valence-electron chi connectivity index (χ3n) is 1.79. The Hall–Kier alpha value is -0.870. The molecule has 3 nitrogen and oxygen atoms in total. The quantitative estimate of drug-likeness (QED) is 0.760. The molecule has 1 aromatic rings. The zero-order chi connectivity index (χ0) is 12.2. The summed E-state index contributed by atoms with van der Waals surface area (Å²) in [5.41, 5.74) is 0.449. The minimum atomic E-state index is -0.454. The van der Waals surface area contributed by atoms with E-state index in [1.54, 1.807) is 0 Å². The normalized spacial score (nSPS) is 11.5. The fourth-order valence-electron chi connectivity index (χ4n) is 1.16. The van der Waals surface area contributed by atoms with E-state index < -0.39 is 5.60 Å². The van der Waals surface area contributed by atoms with Gasteiger partial charge in [0, 0.05) is 12.2 Å². The van der Waals surface area contributed by atoms with Crippen LogP contribution in [0.2, 0.25) is 0 Å². The molecular formula is C12H18O3S. The van der Waals surface area contributed by atoms with Gasteiger partial charge in [-0.3, -0.25) is 0 Å². The molecule has 0 aliphatic carbocycles. The van der Waals surface area contributed by atoms with E-state index in [1.165, 1.54) is 11.3 Å². The molecule has 0 aromatic carbocycles. The second kappa shape index (κ2) is 5.46. The highest BCUT2D eigenvalue weighted by atomic mass is 32.1. The molecule has 0 saturated carbocycles. The summed E-state index contributed by atoms with van der Waals surface area (Å²) in [4.78, 5) is 12.5. The maximum atomic E-state index is 11.8. The van der Waals surface area contributed by atoms with Gasteiger partial charge >= 0.3 is 5.97 Å². The summed E-state index contributed by atoms with van der Waals surface area (Å²) in [6.45, 7) is 8.62. The maximum Gasteiger partial charge on any atom is 0.349 e. The molecule has 0 aliphatic rings. The van der Waals surface area contributed by atoms with E-state index in [0.717, 1.165) is 5.56 Å². The first-order valence-electron chi connectivity index (χ1n) is 5.31. The van der Waals surface area contributed by atoms with Crippen LogP contribution in [0.3, 0.4) is 0 Å². The molecule has 0 saturated heterocycles. The number of hydrogen-bond acceptors (Lipinski definition) is 4. The lowest BCUT2D eigenvalue weighted by atomic mass is 10.2. The second-order valence-electron chi connectivity index (χ2n) is 4.41. The van der Waals surface area contributed by atoms with E-state index in [2.05, 4.69) is 0 Å². The lowest BCUT2D eigenvalue weighted by molar-refractivity contribution is 0.00710. The van der Waals surface area contributed by atoms with Crippen LogP contribution in [-0.4, -0.2) is 18.2 Å². The fourth-order valence-corrected chi connectivity index (χ4v) is 1.95. The summed E-state index contributed by atoms with van der Waals surface area (Å²) in [6.07, 6.45) is 0. The highest BCUT2D eigenvalue weighted by Gasteiger charge is 2.21. The number of esters is 1. The van der Waals surface area contributed by atoms with Crippen LogP contribution in [0.4, 0.5) is 0 Å². The van der Waals surface area contributed by atoms with Crippen LogP contribution in [0.25, 0.3) is 0 Å². The van der Waals surface area contributed by atoms with Crippen molar-refractivity contribution in [3.8, 4) is 0 Å².